The highest BCUT2D eigenvalue weighted by Gasteiger charge is 2.27. The summed E-state index contributed by atoms with van der Waals surface area (Å²) in [6.45, 7) is 7.60. The summed E-state index contributed by atoms with van der Waals surface area (Å²) in [6.07, 6.45) is 3.20. The number of amides is 2. The third kappa shape index (κ3) is 10.5. The smallest absolute Gasteiger partial charge is 0.258 e. The minimum atomic E-state index is -0.634. The molecule has 0 aliphatic carbocycles. The Kier molecular flexibility index (Phi) is 14.3. The fraction of sp³-hybridized carbons (Fsp3) is 0.154. The number of nitrogens with zero attached hydrogens (tertiary/aromatic N) is 2. The van der Waals surface area contributed by atoms with Crippen LogP contribution in [0.5, 0.6) is 23.0 Å². The van der Waals surface area contributed by atoms with Gasteiger partial charge in [-0.15, -0.1) is 0 Å². The summed E-state index contributed by atoms with van der Waals surface area (Å²) < 4.78 is 11.2. The average molecular weight is 894 g/mol. The second-order valence-electron chi connectivity index (χ2n) is 15.3. The summed E-state index contributed by atoms with van der Waals surface area (Å²) in [7, 11) is 0. The van der Waals surface area contributed by atoms with Gasteiger partial charge in [0.05, 0.1) is 22.1 Å². The Bertz CT molecular complexity index is 2950. The van der Waals surface area contributed by atoms with Gasteiger partial charge in [-0.3, -0.25) is 19.6 Å². The van der Waals surface area contributed by atoms with Gasteiger partial charge in [-0.25, -0.2) is 0 Å². The predicted molar refractivity (Wildman–Crippen MR) is 253 cm³/mol. The van der Waals surface area contributed by atoms with Crippen molar-refractivity contribution in [2.24, 2.45) is 0 Å². The maximum Gasteiger partial charge on any atom is 0.258 e. The Labute approximate surface area is 381 Å². The van der Waals surface area contributed by atoms with Crippen LogP contribution in [0, 0.1) is 27.7 Å². The summed E-state index contributed by atoms with van der Waals surface area (Å²) in [5, 5.41) is 30.4. The molecular formula is C52H46Cl2N4O6. The number of para-hydroxylation sites is 2. The number of carbonyl (C=O) groups is 2. The van der Waals surface area contributed by atoms with Gasteiger partial charge in [0.15, 0.2) is 13.2 Å². The van der Waals surface area contributed by atoms with Crippen LogP contribution in [0.3, 0.4) is 0 Å². The lowest BCUT2D eigenvalue weighted by Crippen LogP contribution is -2.33. The van der Waals surface area contributed by atoms with E-state index in [1.807, 2.05) is 100 Å². The van der Waals surface area contributed by atoms with E-state index >= 15 is 0 Å². The van der Waals surface area contributed by atoms with Gasteiger partial charge in [0.2, 0.25) is 0 Å². The van der Waals surface area contributed by atoms with E-state index in [0.29, 0.717) is 54.5 Å². The van der Waals surface area contributed by atoms with Gasteiger partial charge in [-0.2, -0.15) is 0 Å². The molecule has 0 saturated carbocycles. The maximum atomic E-state index is 12.9. The minimum absolute atomic E-state index is 0.0137. The van der Waals surface area contributed by atoms with Crippen LogP contribution in [0.1, 0.15) is 56.6 Å². The number of hydrogen-bond donors (Lipinski definition) is 4. The molecule has 2 heterocycles. The van der Waals surface area contributed by atoms with Gasteiger partial charge in [-0.1, -0.05) is 107 Å². The zero-order valence-electron chi connectivity index (χ0n) is 35.6. The summed E-state index contributed by atoms with van der Waals surface area (Å²) in [4.78, 5) is 34.3. The van der Waals surface area contributed by atoms with Gasteiger partial charge >= 0.3 is 0 Å². The van der Waals surface area contributed by atoms with E-state index in [9.17, 15) is 19.8 Å². The topological polar surface area (TPSA) is 143 Å². The quantitative estimate of drug-likeness (QED) is 0.0949. The molecule has 0 radical (unpaired) electrons. The highest BCUT2D eigenvalue weighted by atomic mass is 35.5. The standard InChI is InChI=1S/2C26H23ClN2O3/c1-16-10-11-19(17(2)13-16)24(29-23(30)15-32-18-7-4-3-5-8-18)21-14-22(27)20-9-6-12-28-25(20)26(21)31;1-16-10-11-17(2)20(13-16)24(29-23(30)15-32-18-7-4-3-5-8-18)21-14-22(27)19-9-6-12-28-25(19)26(21)31/h2*3-14,24,31H,15H2,1-2H3,(H,29,30). The summed E-state index contributed by atoms with van der Waals surface area (Å²) in [6, 6.07) is 39.4. The fourth-order valence-electron chi connectivity index (χ4n) is 7.46. The van der Waals surface area contributed by atoms with Gasteiger partial charge in [0, 0.05) is 34.3 Å². The summed E-state index contributed by atoms with van der Waals surface area (Å²) in [5.41, 5.74) is 7.53. The van der Waals surface area contributed by atoms with Crippen molar-refractivity contribution in [3.05, 3.63) is 200 Å². The molecule has 0 saturated heterocycles. The number of nitrogens with one attached hydrogen (secondary N) is 2. The second-order valence-corrected chi connectivity index (χ2v) is 16.1. The number of benzene rings is 6. The first-order chi connectivity index (χ1) is 30.9. The fourth-order valence-corrected chi connectivity index (χ4v) is 8.00. The van der Waals surface area contributed by atoms with Crippen LogP contribution in [-0.4, -0.2) is 45.2 Å². The third-order valence-corrected chi connectivity index (χ3v) is 11.3. The molecular weight excluding hydrogens is 847 g/mol. The van der Waals surface area contributed by atoms with Crippen molar-refractivity contribution >= 4 is 56.8 Å². The van der Waals surface area contributed by atoms with Gasteiger partial charge in [0.1, 0.15) is 34.0 Å². The summed E-state index contributed by atoms with van der Waals surface area (Å²) in [5.74, 6) is 0.532. The molecule has 2 unspecified atom stereocenters. The van der Waals surface area contributed by atoms with Crippen LogP contribution >= 0.6 is 23.2 Å². The van der Waals surface area contributed by atoms with E-state index in [1.54, 1.807) is 73.1 Å². The Morgan fingerprint density at radius 3 is 1.47 bits per heavy atom. The number of phenolic OH excluding ortho intramolecular Hbond substituents is 2. The van der Waals surface area contributed by atoms with Gasteiger partial charge < -0.3 is 30.3 Å². The molecule has 8 rings (SSSR count). The first-order valence-corrected chi connectivity index (χ1v) is 21.2. The predicted octanol–water partition coefficient (Wildman–Crippen LogP) is 11.0. The number of fused-ring (bicyclic) bond motifs is 2. The van der Waals surface area contributed by atoms with Crippen LogP contribution in [0.4, 0.5) is 0 Å². The lowest BCUT2D eigenvalue weighted by Gasteiger charge is -2.24. The molecule has 4 N–H and O–H groups in total. The molecule has 2 amide bonds. The molecule has 10 nitrogen and oxygen atoms in total. The first-order valence-electron chi connectivity index (χ1n) is 20.5. The highest BCUT2D eigenvalue weighted by molar-refractivity contribution is 6.36. The second kappa shape index (κ2) is 20.4. The molecule has 0 bridgehead atoms. The van der Waals surface area contributed by atoms with Crippen molar-refractivity contribution in [1.82, 2.24) is 20.6 Å². The number of hydrogen-bond acceptors (Lipinski definition) is 8. The summed E-state index contributed by atoms with van der Waals surface area (Å²) >= 11 is 13.0. The number of rotatable bonds is 12. The molecule has 0 aliphatic rings. The monoisotopic (exact) mass is 892 g/mol. The molecule has 64 heavy (non-hydrogen) atoms. The number of carbonyl (C=O) groups excluding carboxylic acids is 2. The Morgan fingerprint density at radius 1 is 0.531 bits per heavy atom. The molecule has 0 aliphatic heterocycles. The number of pyridine rings is 2. The Balaban J connectivity index is 0.000000191. The van der Waals surface area contributed by atoms with E-state index in [-0.39, 0.29) is 36.5 Å². The number of halogens is 2. The normalized spacial score (nSPS) is 11.8. The van der Waals surface area contributed by atoms with Crippen molar-refractivity contribution in [2.75, 3.05) is 13.2 Å². The molecule has 2 aromatic heterocycles. The maximum absolute atomic E-state index is 12.9. The molecule has 6 aromatic carbocycles. The van der Waals surface area contributed by atoms with Gasteiger partial charge in [-0.05, 0) is 111 Å². The SMILES string of the molecule is Cc1ccc(C(NC(=O)COc2ccccc2)c2cc(Cl)c3cccnc3c2O)c(C)c1.Cc1ccc(C)c(C(NC(=O)COc2ccccc2)c2cc(Cl)c3cccnc3c2O)c1. The lowest BCUT2D eigenvalue weighted by atomic mass is 9.92. The molecule has 0 spiro atoms. The number of aromatic hydroxyl groups is 2. The number of aromatic nitrogens is 2. The Morgan fingerprint density at radius 2 is 0.984 bits per heavy atom. The molecule has 0 fully saturated rings. The van der Waals surface area contributed by atoms with Crippen LogP contribution in [0.25, 0.3) is 21.8 Å². The molecule has 324 valence electrons. The van der Waals surface area contributed by atoms with E-state index < -0.39 is 12.1 Å². The van der Waals surface area contributed by atoms with E-state index in [2.05, 4.69) is 20.6 Å². The van der Waals surface area contributed by atoms with Crippen LogP contribution in [-0.2, 0) is 9.59 Å². The zero-order valence-corrected chi connectivity index (χ0v) is 37.1. The van der Waals surface area contributed by atoms with Crippen LogP contribution in [0.15, 0.2) is 146 Å². The van der Waals surface area contributed by atoms with Crippen LogP contribution < -0.4 is 20.1 Å². The van der Waals surface area contributed by atoms with E-state index in [0.717, 1.165) is 33.4 Å². The van der Waals surface area contributed by atoms with E-state index in [1.165, 1.54) is 0 Å². The van der Waals surface area contributed by atoms with Crippen LogP contribution in [0.2, 0.25) is 10.0 Å². The third-order valence-electron chi connectivity index (χ3n) is 10.6. The van der Waals surface area contributed by atoms with Crippen molar-refractivity contribution in [3.8, 4) is 23.0 Å². The Hall–Kier alpha value is -7.14. The molecule has 8 aromatic rings. The number of aryl methyl sites for hydroxylation is 4. The largest absolute Gasteiger partial charge is 0.505 e. The van der Waals surface area contributed by atoms with Gasteiger partial charge in [0.25, 0.3) is 11.8 Å². The molecule has 12 heteroatoms. The number of phenols is 2. The van der Waals surface area contributed by atoms with E-state index in [4.69, 9.17) is 32.7 Å². The zero-order chi connectivity index (χ0) is 45.3. The highest BCUT2D eigenvalue weighted by Crippen LogP contribution is 2.41. The average Bonchev–Trinajstić information content (AvgIpc) is 3.30. The van der Waals surface area contributed by atoms with Crippen molar-refractivity contribution in [1.29, 1.82) is 0 Å². The minimum Gasteiger partial charge on any atom is -0.505 e. The van der Waals surface area contributed by atoms with Crippen molar-refractivity contribution < 1.29 is 29.3 Å². The molecule has 2 atom stereocenters. The number of ether oxygens (including phenoxy) is 2. The van der Waals surface area contributed by atoms with Crippen molar-refractivity contribution in [3.63, 3.8) is 0 Å². The van der Waals surface area contributed by atoms with Crippen molar-refractivity contribution in [2.45, 2.75) is 39.8 Å². The lowest BCUT2D eigenvalue weighted by molar-refractivity contribution is -0.124. The first kappa shape index (κ1) is 44.9.